The molecule has 0 spiro atoms. The van der Waals surface area contributed by atoms with Gasteiger partial charge in [-0.1, -0.05) is 30.3 Å². The van der Waals surface area contributed by atoms with Crippen LogP contribution in [-0.4, -0.2) is 32.9 Å². The average molecular weight is 510 g/mol. The predicted octanol–water partition coefficient (Wildman–Crippen LogP) is 4.30. The van der Waals surface area contributed by atoms with Crippen LogP contribution < -0.4 is 14.4 Å². The zero-order valence-corrected chi connectivity index (χ0v) is 20.8. The molecule has 0 fully saturated rings. The van der Waals surface area contributed by atoms with Gasteiger partial charge in [-0.15, -0.1) is 0 Å². The fraction of sp³-hybridized carbons (Fsp3) is 0.269. The largest absolute Gasteiger partial charge is 0.497 e. The zero-order valence-electron chi connectivity index (χ0n) is 20.0. The lowest BCUT2D eigenvalue weighted by Gasteiger charge is -2.28. The predicted molar refractivity (Wildman–Crippen MR) is 136 cm³/mol. The quantitative estimate of drug-likeness (QED) is 0.357. The van der Waals surface area contributed by atoms with E-state index in [4.69, 9.17) is 4.74 Å². The van der Waals surface area contributed by atoms with Crippen LogP contribution in [0.2, 0.25) is 0 Å². The molecule has 1 amide bonds. The summed E-state index contributed by atoms with van der Waals surface area (Å²) in [6.07, 6.45) is 2.60. The first-order chi connectivity index (χ1) is 17.2. The van der Waals surface area contributed by atoms with Crippen LogP contribution in [0.1, 0.15) is 35.6 Å². The third-order valence-corrected chi connectivity index (χ3v) is 8.09. The summed E-state index contributed by atoms with van der Waals surface area (Å²) < 4.78 is 33.5. The number of nitro benzene ring substituents is 1. The van der Waals surface area contributed by atoms with Gasteiger partial charge in [0.15, 0.2) is 0 Å². The molecule has 1 aliphatic carbocycles. The molecule has 1 aliphatic rings. The summed E-state index contributed by atoms with van der Waals surface area (Å²) in [5, 5.41) is 14.4. The molecule has 1 atom stereocenters. The van der Waals surface area contributed by atoms with Gasteiger partial charge in [0, 0.05) is 11.6 Å². The molecule has 3 aromatic rings. The highest BCUT2D eigenvalue weighted by Crippen LogP contribution is 2.31. The normalized spacial score (nSPS) is 15.0. The first-order valence-corrected chi connectivity index (χ1v) is 12.9. The number of anilines is 1. The van der Waals surface area contributed by atoms with E-state index in [-0.39, 0.29) is 22.3 Å². The number of carbonyl (C=O) groups is 1. The summed E-state index contributed by atoms with van der Waals surface area (Å²) in [6, 6.07) is 17.6. The number of nitro groups is 1. The van der Waals surface area contributed by atoms with E-state index in [1.54, 1.807) is 12.1 Å². The number of ether oxygens (including phenoxy) is 1. The van der Waals surface area contributed by atoms with Crippen molar-refractivity contribution in [2.75, 3.05) is 18.0 Å². The summed E-state index contributed by atoms with van der Waals surface area (Å²) in [5.41, 5.74) is 2.46. The van der Waals surface area contributed by atoms with Gasteiger partial charge in [-0.05, 0) is 67.6 Å². The lowest BCUT2D eigenvalue weighted by atomic mass is 9.88. The lowest BCUT2D eigenvalue weighted by Crippen LogP contribution is -2.42. The Labute approximate surface area is 209 Å². The number of amides is 1. The number of aryl methyl sites for hydroxylation is 2. The molecule has 10 heteroatoms. The number of fused-ring (bicyclic) bond motifs is 1. The molecule has 0 bridgehead atoms. The van der Waals surface area contributed by atoms with Gasteiger partial charge in [-0.3, -0.25) is 19.2 Å². The number of sulfonamides is 1. The SMILES string of the molecule is COc1ccc(N(CC(=O)N[C@@H]2CCCc3ccccc32)S(=O)(=O)c2ccc(C)c([N+](=O)[O-])c2)cc1. The van der Waals surface area contributed by atoms with Crippen molar-refractivity contribution in [1.82, 2.24) is 5.32 Å². The third kappa shape index (κ3) is 5.18. The topological polar surface area (TPSA) is 119 Å². The Balaban J connectivity index is 1.67. The second-order valence-corrected chi connectivity index (χ2v) is 10.5. The van der Waals surface area contributed by atoms with Crippen LogP contribution in [0.5, 0.6) is 5.75 Å². The molecule has 0 aliphatic heterocycles. The number of methoxy groups -OCH3 is 1. The van der Waals surface area contributed by atoms with E-state index in [2.05, 4.69) is 5.32 Å². The van der Waals surface area contributed by atoms with E-state index in [0.717, 1.165) is 35.2 Å². The Hall–Kier alpha value is -3.92. The third-order valence-electron chi connectivity index (χ3n) is 6.32. The summed E-state index contributed by atoms with van der Waals surface area (Å²) >= 11 is 0. The molecule has 9 nitrogen and oxygen atoms in total. The Kier molecular flexibility index (Phi) is 7.25. The number of benzene rings is 3. The van der Waals surface area contributed by atoms with E-state index >= 15 is 0 Å². The van der Waals surface area contributed by atoms with Gasteiger partial charge in [0.1, 0.15) is 12.3 Å². The van der Waals surface area contributed by atoms with Crippen molar-refractivity contribution < 1.29 is 22.9 Å². The van der Waals surface area contributed by atoms with Gasteiger partial charge in [0.05, 0.1) is 28.7 Å². The number of hydrogen-bond donors (Lipinski definition) is 1. The fourth-order valence-corrected chi connectivity index (χ4v) is 5.85. The van der Waals surface area contributed by atoms with Crippen molar-refractivity contribution in [3.05, 3.63) is 93.5 Å². The average Bonchev–Trinajstić information content (AvgIpc) is 2.87. The molecule has 4 rings (SSSR count). The van der Waals surface area contributed by atoms with Crippen molar-refractivity contribution in [2.24, 2.45) is 0 Å². The van der Waals surface area contributed by atoms with Gasteiger partial charge in [-0.25, -0.2) is 8.42 Å². The minimum Gasteiger partial charge on any atom is -0.497 e. The molecule has 0 radical (unpaired) electrons. The van der Waals surface area contributed by atoms with Gasteiger partial charge < -0.3 is 10.1 Å². The number of nitrogens with zero attached hydrogens (tertiary/aromatic N) is 2. The van der Waals surface area contributed by atoms with E-state index < -0.39 is 27.4 Å². The van der Waals surface area contributed by atoms with Crippen molar-refractivity contribution in [3.63, 3.8) is 0 Å². The maximum absolute atomic E-state index is 13.7. The van der Waals surface area contributed by atoms with Crippen LogP contribution in [0, 0.1) is 17.0 Å². The summed E-state index contributed by atoms with van der Waals surface area (Å²) in [6.45, 7) is 1.04. The standard InChI is InChI=1S/C26H27N3O6S/c1-18-10-15-22(16-25(18)29(31)32)36(33,34)28(20-11-13-21(35-2)14-12-20)17-26(30)27-24-9-5-7-19-6-3-4-8-23(19)24/h3-4,6,8,10-16,24H,5,7,9,17H2,1-2H3,(H,27,30)/t24-/m1/s1. The van der Waals surface area contributed by atoms with Crippen molar-refractivity contribution in [1.29, 1.82) is 0 Å². The summed E-state index contributed by atoms with van der Waals surface area (Å²) in [4.78, 5) is 23.7. The van der Waals surface area contributed by atoms with E-state index in [0.29, 0.717) is 11.3 Å². The second-order valence-electron chi connectivity index (χ2n) is 8.63. The molecule has 0 saturated carbocycles. The maximum Gasteiger partial charge on any atom is 0.273 e. The van der Waals surface area contributed by atoms with Gasteiger partial charge in [0.2, 0.25) is 5.91 Å². The fourth-order valence-electron chi connectivity index (χ4n) is 4.41. The molecule has 1 N–H and O–H groups in total. The van der Waals surface area contributed by atoms with Gasteiger partial charge in [-0.2, -0.15) is 0 Å². The van der Waals surface area contributed by atoms with E-state index in [1.165, 1.54) is 43.9 Å². The molecular formula is C26H27N3O6S. The molecule has 188 valence electrons. The van der Waals surface area contributed by atoms with Gasteiger partial charge in [0.25, 0.3) is 15.7 Å². The van der Waals surface area contributed by atoms with Crippen molar-refractivity contribution in [2.45, 2.75) is 37.1 Å². The molecular weight excluding hydrogens is 482 g/mol. The molecule has 0 heterocycles. The smallest absolute Gasteiger partial charge is 0.273 e. The highest BCUT2D eigenvalue weighted by atomic mass is 32.2. The molecule has 0 unspecified atom stereocenters. The second kappa shape index (κ2) is 10.4. The zero-order chi connectivity index (χ0) is 25.9. The van der Waals surface area contributed by atoms with Crippen LogP contribution in [0.4, 0.5) is 11.4 Å². The Bertz CT molecular complexity index is 1390. The minimum atomic E-state index is -4.32. The number of nitrogens with one attached hydrogen (secondary N) is 1. The molecule has 3 aromatic carbocycles. The van der Waals surface area contributed by atoms with Crippen LogP contribution in [0.25, 0.3) is 0 Å². The minimum absolute atomic E-state index is 0.219. The van der Waals surface area contributed by atoms with Crippen LogP contribution >= 0.6 is 0 Å². The number of carbonyl (C=O) groups excluding carboxylic acids is 1. The maximum atomic E-state index is 13.7. The van der Waals surface area contributed by atoms with Crippen LogP contribution in [0.3, 0.4) is 0 Å². The Morgan fingerprint density at radius 1 is 1.14 bits per heavy atom. The van der Waals surface area contributed by atoms with E-state index in [1.807, 2.05) is 24.3 Å². The number of rotatable bonds is 8. The summed E-state index contributed by atoms with van der Waals surface area (Å²) in [7, 11) is -2.83. The van der Waals surface area contributed by atoms with Crippen LogP contribution in [0.15, 0.2) is 71.6 Å². The molecule has 36 heavy (non-hydrogen) atoms. The van der Waals surface area contributed by atoms with Crippen LogP contribution in [-0.2, 0) is 21.2 Å². The first kappa shape index (κ1) is 25.2. The Morgan fingerprint density at radius 3 is 2.56 bits per heavy atom. The van der Waals surface area contributed by atoms with Crippen molar-refractivity contribution >= 4 is 27.3 Å². The van der Waals surface area contributed by atoms with Crippen molar-refractivity contribution in [3.8, 4) is 5.75 Å². The highest BCUT2D eigenvalue weighted by molar-refractivity contribution is 7.92. The van der Waals surface area contributed by atoms with E-state index in [9.17, 15) is 23.3 Å². The summed E-state index contributed by atoms with van der Waals surface area (Å²) in [5.74, 6) is 0.0445. The Morgan fingerprint density at radius 2 is 1.86 bits per heavy atom. The van der Waals surface area contributed by atoms with Gasteiger partial charge >= 0.3 is 0 Å². The molecule has 0 aromatic heterocycles. The molecule has 0 saturated heterocycles. The monoisotopic (exact) mass is 509 g/mol. The first-order valence-electron chi connectivity index (χ1n) is 11.5. The lowest BCUT2D eigenvalue weighted by molar-refractivity contribution is -0.385. The number of hydrogen-bond acceptors (Lipinski definition) is 6. The highest BCUT2D eigenvalue weighted by Gasteiger charge is 2.30.